The monoisotopic (exact) mass is 284 g/mol. The van der Waals surface area contributed by atoms with E-state index in [0.717, 1.165) is 24.5 Å². The molecule has 0 aliphatic carbocycles. The number of fused-ring (bicyclic) bond motifs is 1. The summed E-state index contributed by atoms with van der Waals surface area (Å²) in [4.78, 5) is 16.9. The zero-order valence-electron chi connectivity index (χ0n) is 12.4. The minimum atomic E-state index is 0.00843. The number of rotatable bonds is 2. The molecule has 0 bridgehead atoms. The first-order valence-corrected chi connectivity index (χ1v) is 7.19. The Kier molecular flexibility index (Phi) is 3.33. The van der Waals surface area contributed by atoms with E-state index in [1.807, 2.05) is 53.9 Å². The van der Waals surface area contributed by atoms with E-state index in [4.69, 9.17) is 5.73 Å². The molecule has 1 aromatic heterocycles. The first-order valence-electron chi connectivity index (χ1n) is 7.19. The highest BCUT2D eigenvalue weighted by molar-refractivity contribution is 6.08. The minimum Gasteiger partial charge on any atom is -0.397 e. The second-order valence-electron chi connectivity index (χ2n) is 5.31. The number of aryl methyl sites for hydroxylation is 1. The lowest BCUT2D eigenvalue weighted by Crippen LogP contribution is -2.43. The van der Waals surface area contributed by atoms with Crippen molar-refractivity contribution in [3.8, 4) is 0 Å². The molecule has 2 N–H and O–H groups in total. The van der Waals surface area contributed by atoms with Crippen LogP contribution in [0.15, 0.2) is 36.5 Å². The Balaban J connectivity index is 2.01. The highest BCUT2D eigenvalue weighted by Gasteiger charge is 2.27. The summed E-state index contributed by atoms with van der Waals surface area (Å²) in [6, 6.07) is 9.75. The van der Waals surface area contributed by atoms with Gasteiger partial charge in [0, 0.05) is 32.9 Å². The van der Waals surface area contributed by atoms with Crippen LogP contribution in [0.1, 0.15) is 17.4 Å². The molecule has 2 heterocycles. The molecule has 21 heavy (non-hydrogen) atoms. The molecular weight excluding hydrogens is 264 g/mol. The van der Waals surface area contributed by atoms with E-state index in [9.17, 15) is 4.79 Å². The van der Waals surface area contributed by atoms with Crippen molar-refractivity contribution in [1.82, 2.24) is 4.57 Å². The molecule has 0 saturated carbocycles. The van der Waals surface area contributed by atoms with Crippen LogP contribution >= 0.6 is 0 Å². The number of carbonyl (C=O) groups is 1. The van der Waals surface area contributed by atoms with Crippen molar-refractivity contribution < 1.29 is 4.79 Å². The molecule has 0 unspecified atom stereocenters. The summed E-state index contributed by atoms with van der Waals surface area (Å²) < 4.78 is 1.90. The van der Waals surface area contributed by atoms with E-state index < -0.39 is 0 Å². The van der Waals surface area contributed by atoms with E-state index in [1.54, 1.807) is 6.07 Å². The van der Waals surface area contributed by atoms with Gasteiger partial charge in [0.2, 0.25) is 0 Å². The van der Waals surface area contributed by atoms with Crippen LogP contribution < -0.4 is 15.5 Å². The Morgan fingerprint density at radius 1 is 1.24 bits per heavy atom. The number of benzene rings is 1. The number of anilines is 3. The molecule has 5 heteroatoms. The topological polar surface area (TPSA) is 54.5 Å². The van der Waals surface area contributed by atoms with Gasteiger partial charge < -0.3 is 20.1 Å². The average Bonchev–Trinajstić information content (AvgIpc) is 2.88. The zero-order chi connectivity index (χ0) is 15.0. The number of aromatic nitrogens is 1. The summed E-state index contributed by atoms with van der Waals surface area (Å²) in [7, 11) is 2.05. The number of para-hydroxylation sites is 2. The summed E-state index contributed by atoms with van der Waals surface area (Å²) in [5.74, 6) is 0.00843. The summed E-state index contributed by atoms with van der Waals surface area (Å²) in [5.41, 5.74) is 9.15. The zero-order valence-corrected chi connectivity index (χ0v) is 12.4. The Morgan fingerprint density at radius 2 is 1.95 bits per heavy atom. The number of likely N-dealkylation sites (N-methyl/N-ethyl adjacent to an activating group) is 1. The Labute approximate surface area is 124 Å². The van der Waals surface area contributed by atoms with Crippen LogP contribution in [0.2, 0.25) is 0 Å². The molecule has 2 aromatic rings. The molecule has 0 fully saturated rings. The van der Waals surface area contributed by atoms with Gasteiger partial charge in [-0.3, -0.25) is 4.79 Å². The van der Waals surface area contributed by atoms with Gasteiger partial charge >= 0.3 is 0 Å². The van der Waals surface area contributed by atoms with Gasteiger partial charge in [-0.05, 0) is 25.1 Å². The molecule has 3 rings (SSSR count). The van der Waals surface area contributed by atoms with Crippen LogP contribution in [0, 0.1) is 0 Å². The number of nitrogens with two attached hydrogens (primary N) is 1. The quantitative estimate of drug-likeness (QED) is 0.919. The van der Waals surface area contributed by atoms with Gasteiger partial charge in [0.1, 0.15) is 5.69 Å². The van der Waals surface area contributed by atoms with Gasteiger partial charge in [-0.2, -0.15) is 0 Å². The number of nitrogen functional groups attached to an aromatic ring is 1. The van der Waals surface area contributed by atoms with Gasteiger partial charge in [0.25, 0.3) is 5.91 Å². The molecule has 1 aliphatic heterocycles. The van der Waals surface area contributed by atoms with E-state index in [-0.39, 0.29) is 5.91 Å². The highest BCUT2D eigenvalue weighted by Crippen LogP contribution is 2.32. The third kappa shape index (κ3) is 2.24. The maximum Gasteiger partial charge on any atom is 0.275 e. The normalized spacial score (nSPS) is 14.2. The van der Waals surface area contributed by atoms with Gasteiger partial charge in [0.15, 0.2) is 0 Å². The second-order valence-corrected chi connectivity index (χ2v) is 5.31. The van der Waals surface area contributed by atoms with Gasteiger partial charge in [-0.15, -0.1) is 0 Å². The Bertz CT molecular complexity index is 677. The van der Waals surface area contributed by atoms with Crippen LogP contribution in [-0.2, 0) is 6.54 Å². The molecule has 0 saturated heterocycles. The summed E-state index contributed by atoms with van der Waals surface area (Å²) in [6.07, 6.45) is 1.81. The van der Waals surface area contributed by atoms with Gasteiger partial charge in [-0.1, -0.05) is 12.1 Å². The van der Waals surface area contributed by atoms with Crippen LogP contribution in [0.5, 0.6) is 0 Å². The number of hydrogen-bond acceptors (Lipinski definition) is 3. The fraction of sp³-hybridized carbons (Fsp3) is 0.312. The van der Waals surface area contributed by atoms with E-state index >= 15 is 0 Å². The maximum absolute atomic E-state index is 12.9. The third-order valence-electron chi connectivity index (χ3n) is 3.97. The molecule has 1 aromatic carbocycles. The van der Waals surface area contributed by atoms with Crippen molar-refractivity contribution in [2.75, 3.05) is 35.7 Å². The number of carbonyl (C=O) groups excluding carboxylic acids is 1. The SMILES string of the molecule is CCn1cc(N)cc1C(=O)N1CCN(C)c2ccccc21. The van der Waals surface area contributed by atoms with Gasteiger partial charge in [-0.25, -0.2) is 0 Å². The fourth-order valence-electron chi connectivity index (χ4n) is 2.83. The summed E-state index contributed by atoms with van der Waals surface area (Å²) >= 11 is 0. The second kappa shape index (κ2) is 5.16. The highest BCUT2D eigenvalue weighted by atomic mass is 16.2. The molecule has 1 aliphatic rings. The van der Waals surface area contributed by atoms with Crippen molar-refractivity contribution in [2.24, 2.45) is 0 Å². The third-order valence-corrected chi connectivity index (χ3v) is 3.97. The standard InChI is InChI=1S/C16H20N4O/c1-3-19-11-12(17)10-15(19)16(21)20-9-8-18(2)13-6-4-5-7-14(13)20/h4-7,10-11H,3,8-9,17H2,1-2H3. The average molecular weight is 284 g/mol. The Morgan fingerprint density at radius 3 is 2.67 bits per heavy atom. The molecular formula is C16H20N4O. The predicted octanol–water partition coefficient (Wildman–Crippen LogP) is 2.19. The number of nitrogens with zero attached hydrogens (tertiary/aromatic N) is 3. The van der Waals surface area contributed by atoms with Crippen molar-refractivity contribution in [1.29, 1.82) is 0 Å². The lowest BCUT2D eigenvalue weighted by Gasteiger charge is -2.35. The van der Waals surface area contributed by atoms with Gasteiger partial charge in [0.05, 0.1) is 17.1 Å². The van der Waals surface area contributed by atoms with Crippen LogP contribution in [0.4, 0.5) is 17.1 Å². The van der Waals surface area contributed by atoms with E-state index in [2.05, 4.69) is 4.90 Å². The lowest BCUT2D eigenvalue weighted by molar-refractivity contribution is 0.0978. The molecule has 1 amide bonds. The first-order chi connectivity index (χ1) is 10.1. The Hall–Kier alpha value is -2.43. The summed E-state index contributed by atoms with van der Waals surface area (Å²) in [5, 5.41) is 0. The van der Waals surface area contributed by atoms with E-state index in [0.29, 0.717) is 17.9 Å². The maximum atomic E-state index is 12.9. The van der Waals surface area contributed by atoms with Crippen LogP contribution in [-0.4, -0.2) is 30.6 Å². The largest absolute Gasteiger partial charge is 0.397 e. The predicted molar refractivity (Wildman–Crippen MR) is 85.9 cm³/mol. The number of hydrogen-bond donors (Lipinski definition) is 1. The van der Waals surface area contributed by atoms with Crippen LogP contribution in [0.3, 0.4) is 0 Å². The fourth-order valence-corrected chi connectivity index (χ4v) is 2.83. The van der Waals surface area contributed by atoms with Crippen molar-refractivity contribution in [3.05, 3.63) is 42.2 Å². The van der Waals surface area contributed by atoms with Crippen molar-refractivity contribution in [2.45, 2.75) is 13.5 Å². The molecule has 0 radical (unpaired) electrons. The molecule has 0 atom stereocenters. The smallest absolute Gasteiger partial charge is 0.275 e. The summed E-state index contributed by atoms with van der Waals surface area (Å²) in [6.45, 7) is 4.24. The minimum absolute atomic E-state index is 0.00843. The molecule has 0 spiro atoms. The van der Waals surface area contributed by atoms with Crippen molar-refractivity contribution >= 4 is 23.0 Å². The lowest BCUT2D eigenvalue weighted by atomic mass is 10.1. The molecule has 110 valence electrons. The van der Waals surface area contributed by atoms with Crippen LogP contribution in [0.25, 0.3) is 0 Å². The molecule has 5 nitrogen and oxygen atoms in total. The number of amides is 1. The first kappa shape index (κ1) is 13.5. The van der Waals surface area contributed by atoms with E-state index in [1.165, 1.54) is 0 Å². The van der Waals surface area contributed by atoms with Crippen molar-refractivity contribution in [3.63, 3.8) is 0 Å².